The average molecular weight is 324 g/mol. The monoisotopic (exact) mass is 323 g/mol. The number of hydrogen-bond donors (Lipinski definition) is 0. The number of nitrogens with zero attached hydrogens (tertiary/aromatic N) is 3. The van der Waals surface area contributed by atoms with Gasteiger partial charge in [0.25, 0.3) is 0 Å². The lowest BCUT2D eigenvalue weighted by atomic mass is 10.1. The van der Waals surface area contributed by atoms with E-state index in [0.29, 0.717) is 17.8 Å². The Morgan fingerprint density at radius 1 is 1.48 bits per heavy atom. The van der Waals surface area contributed by atoms with Crippen molar-refractivity contribution in [3.05, 3.63) is 29.6 Å². The second-order valence-electron chi connectivity index (χ2n) is 5.26. The van der Waals surface area contributed by atoms with Crippen LogP contribution in [0.4, 0.5) is 0 Å². The minimum Gasteiger partial charge on any atom is -0.323 e. The molecule has 1 saturated heterocycles. The molecule has 1 atom stereocenters. The lowest BCUT2D eigenvalue weighted by Crippen LogP contribution is -2.28. The number of hydrogen-bond acceptors (Lipinski definition) is 4. The van der Waals surface area contributed by atoms with Crippen LogP contribution in [0, 0.1) is 11.3 Å². The van der Waals surface area contributed by atoms with E-state index in [-0.39, 0.29) is 23.4 Å². The van der Waals surface area contributed by atoms with Gasteiger partial charge in [0.05, 0.1) is 40.1 Å². The molecule has 0 amide bonds. The van der Waals surface area contributed by atoms with Crippen LogP contribution in [0.1, 0.15) is 30.3 Å². The molecule has 0 radical (unpaired) electrons. The molecule has 1 unspecified atom stereocenters. The Morgan fingerprint density at radius 3 is 2.95 bits per heavy atom. The van der Waals surface area contributed by atoms with Crippen molar-refractivity contribution in [3.63, 3.8) is 0 Å². The zero-order chi connectivity index (χ0) is 15.0. The van der Waals surface area contributed by atoms with Crippen LogP contribution in [0.3, 0.4) is 0 Å². The molecule has 1 aromatic heterocycles. The van der Waals surface area contributed by atoms with Crippen LogP contribution in [0.15, 0.2) is 18.2 Å². The summed E-state index contributed by atoms with van der Waals surface area (Å²) in [6.45, 7) is 0. The number of alkyl halides is 1. The van der Waals surface area contributed by atoms with Gasteiger partial charge in [-0.1, -0.05) is 0 Å². The molecule has 3 rings (SSSR count). The van der Waals surface area contributed by atoms with Crippen molar-refractivity contribution in [1.29, 1.82) is 5.26 Å². The first-order valence-electron chi connectivity index (χ1n) is 6.71. The Morgan fingerprint density at radius 2 is 2.29 bits per heavy atom. The van der Waals surface area contributed by atoms with E-state index in [0.717, 1.165) is 17.5 Å². The standard InChI is InChI=1S/C14H14ClN3O2S/c15-7-14-17-12-4-3-10(8-16)6-13(12)18(14)11-2-1-5-21(19,20)9-11/h3-4,6,11H,1-2,5,7,9H2. The molecule has 1 fully saturated rings. The van der Waals surface area contributed by atoms with Crippen molar-refractivity contribution in [2.24, 2.45) is 0 Å². The van der Waals surface area contributed by atoms with Gasteiger partial charge in [-0.2, -0.15) is 5.26 Å². The van der Waals surface area contributed by atoms with Crippen molar-refractivity contribution in [2.75, 3.05) is 11.5 Å². The Bertz CT molecular complexity index is 836. The summed E-state index contributed by atoms with van der Waals surface area (Å²) >= 11 is 5.97. The van der Waals surface area contributed by atoms with Crippen molar-refractivity contribution in [3.8, 4) is 6.07 Å². The Labute approximate surface area is 128 Å². The normalized spacial score (nSPS) is 21.2. The molecule has 110 valence electrons. The summed E-state index contributed by atoms with van der Waals surface area (Å²) in [6.07, 6.45) is 1.43. The first-order chi connectivity index (χ1) is 10.0. The smallest absolute Gasteiger partial charge is 0.152 e. The Balaban J connectivity index is 2.17. The SMILES string of the molecule is N#Cc1ccc2nc(CCl)n(C3CCCS(=O)(=O)C3)c2c1. The average Bonchev–Trinajstić information content (AvgIpc) is 2.83. The van der Waals surface area contributed by atoms with Gasteiger partial charge < -0.3 is 4.57 Å². The quantitative estimate of drug-likeness (QED) is 0.795. The van der Waals surface area contributed by atoms with Gasteiger partial charge in [-0.25, -0.2) is 13.4 Å². The first kappa shape index (κ1) is 14.4. The molecule has 0 spiro atoms. The number of nitriles is 1. The van der Waals surface area contributed by atoms with Gasteiger partial charge in [-0.05, 0) is 31.0 Å². The van der Waals surface area contributed by atoms with Crippen LogP contribution < -0.4 is 0 Å². The minimum absolute atomic E-state index is 0.110. The predicted molar refractivity (Wildman–Crippen MR) is 80.9 cm³/mol. The predicted octanol–water partition coefficient (Wildman–Crippen LogP) is 2.40. The highest BCUT2D eigenvalue weighted by atomic mass is 35.5. The molecule has 21 heavy (non-hydrogen) atoms. The molecule has 0 N–H and O–H groups in total. The van der Waals surface area contributed by atoms with E-state index < -0.39 is 9.84 Å². The fraction of sp³-hybridized carbons (Fsp3) is 0.429. The number of rotatable bonds is 2. The van der Waals surface area contributed by atoms with Gasteiger partial charge in [0, 0.05) is 6.04 Å². The van der Waals surface area contributed by atoms with Crippen LogP contribution in [0.5, 0.6) is 0 Å². The highest BCUT2D eigenvalue weighted by Gasteiger charge is 2.28. The molecule has 2 heterocycles. The highest BCUT2D eigenvalue weighted by Crippen LogP contribution is 2.30. The maximum atomic E-state index is 11.9. The molecule has 1 aliphatic rings. The van der Waals surface area contributed by atoms with E-state index in [1.54, 1.807) is 18.2 Å². The van der Waals surface area contributed by atoms with Gasteiger partial charge in [-0.15, -0.1) is 11.6 Å². The van der Waals surface area contributed by atoms with Gasteiger partial charge in [0.15, 0.2) is 9.84 Å². The van der Waals surface area contributed by atoms with Crippen molar-refractivity contribution in [2.45, 2.75) is 24.8 Å². The number of imidazole rings is 1. The van der Waals surface area contributed by atoms with Crippen LogP contribution in [0.25, 0.3) is 11.0 Å². The maximum Gasteiger partial charge on any atom is 0.152 e. The number of sulfone groups is 1. The van der Waals surface area contributed by atoms with Crippen LogP contribution in [0.2, 0.25) is 0 Å². The van der Waals surface area contributed by atoms with E-state index in [9.17, 15) is 8.42 Å². The summed E-state index contributed by atoms with van der Waals surface area (Å²) < 4.78 is 25.7. The summed E-state index contributed by atoms with van der Waals surface area (Å²) in [4.78, 5) is 4.46. The van der Waals surface area contributed by atoms with Crippen LogP contribution in [-0.4, -0.2) is 29.5 Å². The van der Waals surface area contributed by atoms with Gasteiger partial charge in [0.1, 0.15) is 5.82 Å². The van der Waals surface area contributed by atoms with Gasteiger partial charge >= 0.3 is 0 Å². The molecule has 1 aliphatic heterocycles. The molecule has 5 nitrogen and oxygen atoms in total. The van der Waals surface area contributed by atoms with Crippen LogP contribution >= 0.6 is 11.6 Å². The third-order valence-electron chi connectivity index (χ3n) is 3.82. The molecule has 0 aliphatic carbocycles. The number of aromatic nitrogens is 2. The largest absolute Gasteiger partial charge is 0.323 e. The fourth-order valence-corrected chi connectivity index (χ4v) is 4.78. The van der Waals surface area contributed by atoms with Gasteiger partial charge in [-0.3, -0.25) is 0 Å². The lowest BCUT2D eigenvalue weighted by molar-refractivity contribution is 0.471. The first-order valence-corrected chi connectivity index (χ1v) is 9.07. The molecular formula is C14H14ClN3O2S. The van der Waals surface area contributed by atoms with Gasteiger partial charge in [0.2, 0.25) is 0 Å². The number of halogens is 1. The Hall–Kier alpha value is -1.58. The fourth-order valence-electron chi connectivity index (χ4n) is 2.92. The maximum absolute atomic E-state index is 11.9. The highest BCUT2D eigenvalue weighted by molar-refractivity contribution is 7.91. The zero-order valence-electron chi connectivity index (χ0n) is 11.3. The molecule has 0 saturated carbocycles. The zero-order valence-corrected chi connectivity index (χ0v) is 12.9. The molecule has 1 aromatic carbocycles. The molecule has 2 aromatic rings. The second-order valence-corrected chi connectivity index (χ2v) is 7.75. The van der Waals surface area contributed by atoms with E-state index in [1.165, 1.54) is 0 Å². The lowest BCUT2D eigenvalue weighted by Gasteiger charge is -2.25. The summed E-state index contributed by atoms with van der Waals surface area (Å²) in [5, 5.41) is 9.04. The summed E-state index contributed by atoms with van der Waals surface area (Å²) in [7, 11) is -3.02. The third kappa shape index (κ3) is 2.63. The third-order valence-corrected chi connectivity index (χ3v) is 5.86. The summed E-state index contributed by atoms with van der Waals surface area (Å²) in [5.74, 6) is 1.23. The molecular weight excluding hydrogens is 310 g/mol. The van der Waals surface area contributed by atoms with Crippen LogP contribution in [-0.2, 0) is 15.7 Å². The van der Waals surface area contributed by atoms with Crippen molar-refractivity contribution in [1.82, 2.24) is 9.55 Å². The van der Waals surface area contributed by atoms with Crippen molar-refractivity contribution >= 4 is 32.5 Å². The number of benzene rings is 1. The summed E-state index contributed by atoms with van der Waals surface area (Å²) in [5.41, 5.74) is 2.06. The minimum atomic E-state index is -3.02. The van der Waals surface area contributed by atoms with E-state index in [2.05, 4.69) is 11.1 Å². The Kier molecular flexibility index (Phi) is 3.64. The molecule has 0 bridgehead atoms. The number of fused-ring (bicyclic) bond motifs is 1. The topological polar surface area (TPSA) is 75.8 Å². The van der Waals surface area contributed by atoms with Crippen molar-refractivity contribution < 1.29 is 8.42 Å². The van der Waals surface area contributed by atoms with E-state index in [4.69, 9.17) is 16.9 Å². The molecule has 7 heteroatoms. The van der Waals surface area contributed by atoms with E-state index in [1.807, 2.05) is 4.57 Å². The summed E-state index contributed by atoms with van der Waals surface area (Å²) in [6, 6.07) is 7.17. The second kappa shape index (κ2) is 5.32. The van der Waals surface area contributed by atoms with E-state index >= 15 is 0 Å².